The summed E-state index contributed by atoms with van der Waals surface area (Å²) in [4.78, 5) is 4.60. The van der Waals surface area contributed by atoms with Gasteiger partial charge in [0.2, 0.25) is 10.0 Å². The van der Waals surface area contributed by atoms with Crippen LogP contribution in [0.15, 0.2) is 73.3 Å². The first-order valence-corrected chi connectivity index (χ1v) is 16.2. The van der Waals surface area contributed by atoms with Crippen molar-refractivity contribution in [1.29, 1.82) is 0 Å². The SMILES string of the molecule is O=S(=O)(Nc1cc(-c2ccc(F)cc2F)cc(-n2cnc3cc(-c4cnn(CCOC5CCCCO5)c4)ccc32)c1)C1CC1. The number of fused-ring (bicyclic) bond motifs is 1. The van der Waals surface area contributed by atoms with Crippen molar-refractivity contribution in [2.24, 2.45) is 0 Å². The van der Waals surface area contributed by atoms with Gasteiger partial charge in [0.15, 0.2) is 6.29 Å². The molecule has 5 aromatic rings. The van der Waals surface area contributed by atoms with Crippen LogP contribution in [0.5, 0.6) is 0 Å². The lowest BCUT2D eigenvalue weighted by molar-refractivity contribution is -0.163. The topological polar surface area (TPSA) is 100 Å². The van der Waals surface area contributed by atoms with Gasteiger partial charge in [0.1, 0.15) is 18.0 Å². The van der Waals surface area contributed by atoms with Crippen LogP contribution in [0.1, 0.15) is 32.1 Å². The van der Waals surface area contributed by atoms with Gasteiger partial charge in [-0.1, -0.05) is 6.07 Å². The zero-order valence-electron chi connectivity index (χ0n) is 23.8. The number of nitrogens with one attached hydrogen (secondary N) is 1. The number of hydrogen-bond acceptors (Lipinski definition) is 6. The van der Waals surface area contributed by atoms with Gasteiger partial charge in [0.05, 0.1) is 41.3 Å². The number of anilines is 1. The van der Waals surface area contributed by atoms with Gasteiger partial charge in [-0.05, 0) is 85.7 Å². The summed E-state index contributed by atoms with van der Waals surface area (Å²) < 4.78 is 71.8. The maximum absolute atomic E-state index is 14.8. The quantitative estimate of drug-likeness (QED) is 0.198. The summed E-state index contributed by atoms with van der Waals surface area (Å²) in [6.45, 7) is 1.86. The van der Waals surface area contributed by atoms with Crippen molar-refractivity contribution in [1.82, 2.24) is 19.3 Å². The zero-order chi connectivity index (χ0) is 30.3. The van der Waals surface area contributed by atoms with Gasteiger partial charge < -0.3 is 9.47 Å². The molecule has 2 aromatic heterocycles. The summed E-state index contributed by atoms with van der Waals surface area (Å²) >= 11 is 0. The molecule has 12 heteroatoms. The second-order valence-electron chi connectivity index (χ2n) is 11.2. The summed E-state index contributed by atoms with van der Waals surface area (Å²) in [5.41, 5.74) is 4.77. The Bertz CT molecular complexity index is 1930. The molecule has 1 atom stereocenters. The molecule has 0 amide bonds. The van der Waals surface area contributed by atoms with Gasteiger partial charge >= 0.3 is 0 Å². The molecule has 1 aliphatic carbocycles. The lowest BCUT2D eigenvalue weighted by Gasteiger charge is -2.22. The van der Waals surface area contributed by atoms with E-state index >= 15 is 0 Å². The molecule has 44 heavy (non-hydrogen) atoms. The average molecular weight is 620 g/mol. The smallest absolute Gasteiger partial charge is 0.235 e. The van der Waals surface area contributed by atoms with E-state index < -0.39 is 26.9 Å². The average Bonchev–Trinajstić information content (AvgIpc) is 3.64. The van der Waals surface area contributed by atoms with Crippen molar-refractivity contribution in [2.75, 3.05) is 17.9 Å². The van der Waals surface area contributed by atoms with Crippen molar-refractivity contribution in [2.45, 2.75) is 50.2 Å². The number of hydrogen-bond donors (Lipinski definition) is 1. The highest BCUT2D eigenvalue weighted by atomic mass is 32.2. The molecule has 0 bridgehead atoms. The molecule has 3 heterocycles. The van der Waals surface area contributed by atoms with Crippen LogP contribution >= 0.6 is 0 Å². The number of benzene rings is 3. The first kappa shape index (κ1) is 28.6. The molecule has 1 N–H and O–H groups in total. The highest BCUT2D eigenvalue weighted by Crippen LogP contribution is 2.34. The second kappa shape index (κ2) is 11.8. The highest BCUT2D eigenvalue weighted by molar-refractivity contribution is 7.93. The van der Waals surface area contributed by atoms with Crippen LogP contribution in [0.4, 0.5) is 14.5 Å². The molecule has 2 fully saturated rings. The fourth-order valence-corrected chi connectivity index (χ4v) is 6.84. The minimum atomic E-state index is -3.58. The largest absolute Gasteiger partial charge is 0.353 e. The molecule has 228 valence electrons. The summed E-state index contributed by atoms with van der Waals surface area (Å²) in [5, 5.41) is 4.04. The number of ether oxygens (including phenoxy) is 2. The van der Waals surface area contributed by atoms with Crippen LogP contribution < -0.4 is 4.72 Å². The van der Waals surface area contributed by atoms with E-state index in [0.29, 0.717) is 42.8 Å². The van der Waals surface area contributed by atoms with Crippen LogP contribution in [-0.4, -0.2) is 52.5 Å². The summed E-state index contributed by atoms with van der Waals surface area (Å²) in [6, 6.07) is 14.2. The van der Waals surface area contributed by atoms with Gasteiger partial charge in [-0.2, -0.15) is 5.10 Å². The standard InChI is InChI=1S/C32H31F2N5O4S/c33-24-5-8-28(29(34)16-24)22-13-25(37-44(40,41)27-6-7-27)17-26(14-22)39-20-35-30-15-21(4-9-31(30)39)23-18-36-38(19-23)10-12-43-32-3-1-2-11-42-32/h4-5,8-9,13-20,27,32,37H,1-3,6-7,10-12H2. The van der Waals surface area contributed by atoms with Crippen molar-refractivity contribution >= 4 is 26.7 Å². The van der Waals surface area contributed by atoms with Crippen molar-refractivity contribution < 1.29 is 26.7 Å². The van der Waals surface area contributed by atoms with Crippen molar-refractivity contribution in [3.8, 4) is 27.9 Å². The number of rotatable bonds is 10. The van der Waals surface area contributed by atoms with Crippen LogP contribution in [0, 0.1) is 11.6 Å². The Morgan fingerprint density at radius 3 is 2.66 bits per heavy atom. The van der Waals surface area contributed by atoms with E-state index in [0.717, 1.165) is 48.6 Å². The molecule has 3 aromatic carbocycles. The fourth-order valence-electron chi connectivity index (χ4n) is 5.47. The van der Waals surface area contributed by atoms with Crippen LogP contribution in [-0.2, 0) is 26.0 Å². The summed E-state index contributed by atoms with van der Waals surface area (Å²) in [5.74, 6) is -1.44. The van der Waals surface area contributed by atoms with Crippen molar-refractivity contribution in [3.63, 3.8) is 0 Å². The Hall–Kier alpha value is -4.13. The number of aromatic nitrogens is 4. The fraction of sp³-hybridized carbons (Fsp3) is 0.312. The molecule has 0 radical (unpaired) electrons. The first-order chi connectivity index (χ1) is 21.3. The minimum absolute atomic E-state index is 0.138. The third kappa shape index (κ3) is 6.10. The molecule has 7 rings (SSSR count). The van der Waals surface area contributed by atoms with E-state index in [2.05, 4.69) is 14.8 Å². The molecule has 1 unspecified atom stereocenters. The monoisotopic (exact) mass is 619 g/mol. The third-order valence-electron chi connectivity index (χ3n) is 7.94. The van der Waals surface area contributed by atoms with E-state index in [9.17, 15) is 17.2 Å². The predicted molar refractivity (Wildman–Crippen MR) is 163 cm³/mol. The Morgan fingerprint density at radius 2 is 1.86 bits per heavy atom. The molecule has 2 aliphatic rings. The van der Waals surface area contributed by atoms with Crippen LogP contribution in [0.3, 0.4) is 0 Å². The number of imidazole rings is 1. The maximum Gasteiger partial charge on any atom is 0.235 e. The molecule has 9 nitrogen and oxygen atoms in total. The van der Waals surface area contributed by atoms with Gasteiger partial charge in [-0.25, -0.2) is 22.2 Å². The predicted octanol–water partition coefficient (Wildman–Crippen LogP) is 6.28. The number of nitrogens with zero attached hydrogens (tertiary/aromatic N) is 4. The second-order valence-corrected chi connectivity index (χ2v) is 13.2. The van der Waals surface area contributed by atoms with E-state index in [1.54, 1.807) is 30.7 Å². The Labute approximate surface area is 253 Å². The number of halogens is 2. The molecular weight excluding hydrogens is 588 g/mol. The van der Waals surface area contributed by atoms with Crippen molar-refractivity contribution in [3.05, 3.63) is 85.0 Å². The van der Waals surface area contributed by atoms with Crippen LogP contribution in [0.25, 0.3) is 39.0 Å². The lowest BCUT2D eigenvalue weighted by atomic mass is 10.0. The zero-order valence-corrected chi connectivity index (χ0v) is 24.6. The normalized spacial score (nSPS) is 17.3. The Balaban J connectivity index is 1.17. The van der Waals surface area contributed by atoms with Gasteiger partial charge in [-0.3, -0.25) is 14.0 Å². The number of sulfonamides is 1. The minimum Gasteiger partial charge on any atom is -0.353 e. The first-order valence-electron chi connectivity index (χ1n) is 14.7. The molecule has 1 saturated heterocycles. The van der Waals surface area contributed by atoms with Crippen LogP contribution in [0.2, 0.25) is 0 Å². The van der Waals surface area contributed by atoms with E-state index in [1.165, 1.54) is 12.1 Å². The summed E-state index contributed by atoms with van der Waals surface area (Å²) in [7, 11) is -3.58. The maximum atomic E-state index is 14.8. The van der Waals surface area contributed by atoms with E-state index in [-0.39, 0.29) is 17.5 Å². The Kier molecular flexibility index (Phi) is 7.65. The molecule has 1 aliphatic heterocycles. The molecule has 0 spiro atoms. The van der Waals surface area contributed by atoms with Gasteiger partial charge in [0.25, 0.3) is 0 Å². The molecule has 1 saturated carbocycles. The molecular formula is C32H31F2N5O4S. The van der Waals surface area contributed by atoms with E-state index in [1.807, 2.05) is 33.6 Å². The van der Waals surface area contributed by atoms with Gasteiger partial charge in [-0.15, -0.1) is 0 Å². The van der Waals surface area contributed by atoms with E-state index in [4.69, 9.17) is 9.47 Å². The highest BCUT2D eigenvalue weighted by Gasteiger charge is 2.35. The summed E-state index contributed by atoms with van der Waals surface area (Å²) in [6.07, 6.45) is 9.58. The lowest BCUT2D eigenvalue weighted by Crippen LogP contribution is -2.24. The third-order valence-corrected chi connectivity index (χ3v) is 9.81. The Morgan fingerprint density at radius 1 is 0.977 bits per heavy atom. The van der Waals surface area contributed by atoms with Gasteiger partial charge in [0, 0.05) is 35.7 Å².